The summed E-state index contributed by atoms with van der Waals surface area (Å²) in [6, 6.07) is 6.47. The molecular weight excluding hydrogens is 228 g/mol. The molecule has 0 N–H and O–H groups in total. The zero-order valence-electron chi connectivity index (χ0n) is 10.2. The van der Waals surface area contributed by atoms with Crippen LogP contribution in [0.4, 0.5) is 5.82 Å². The van der Waals surface area contributed by atoms with Crippen LogP contribution in [-0.2, 0) is 4.74 Å². The van der Waals surface area contributed by atoms with E-state index in [0.29, 0.717) is 11.6 Å². The van der Waals surface area contributed by atoms with Crippen LogP contribution in [0.5, 0.6) is 0 Å². The maximum absolute atomic E-state index is 8.73. The van der Waals surface area contributed by atoms with E-state index in [-0.39, 0.29) is 0 Å². The Balaban J connectivity index is 1.56. The molecule has 0 unspecified atom stereocenters. The van der Waals surface area contributed by atoms with Gasteiger partial charge in [0.2, 0.25) is 0 Å². The van der Waals surface area contributed by atoms with E-state index in [1.807, 2.05) is 12.1 Å². The first-order chi connectivity index (χ1) is 8.86. The summed E-state index contributed by atoms with van der Waals surface area (Å²) in [7, 11) is 0. The summed E-state index contributed by atoms with van der Waals surface area (Å²) in [5, 5.41) is 8.73. The molecule has 0 aliphatic carbocycles. The van der Waals surface area contributed by atoms with E-state index in [2.05, 4.69) is 20.9 Å². The fraction of sp³-hybridized carbons (Fsp3) is 0.538. The molecule has 2 aliphatic rings. The number of aromatic nitrogens is 1. The van der Waals surface area contributed by atoms with Gasteiger partial charge in [-0.25, -0.2) is 4.98 Å². The lowest BCUT2D eigenvalue weighted by Gasteiger charge is -2.47. The van der Waals surface area contributed by atoms with Crippen molar-refractivity contribution in [1.82, 2.24) is 9.88 Å². The van der Waals surface area contributed by atoms with Crippen LogP contribution in [0.15, 0.2) is 18.3 Å². The fourth-order valence-electron chi connectivity index (χ4n) is 2.46. The third kappa shape index (κ3) is 2.17. The number of hydrogen-bond acceptors (Lipinski definition) is 5. The van der Waals surface area contributed by atoms with Crippen LogP contribution in [0.1, 0.15) is 5.56 Å². The van der Waals surface area contributed by atoms with Crippen molar-refractivity contribution in [3.63, 3.8) is 0 Å². The van der Waals surface area contributed by atoms with Gasteiger partial charge in [-0.15, -0.1) is 0 Å². The highest BCUT2D eigenvalue weighted by Crippen LogP contribution is 2.22. The highest BCUT2D eigenvalue weighted by atomic mass is 16.5. The molecule has 1 aromatic rings. The van der Waals surface area contributed by atoms with Crippen LogP contribution in [0.2, 0.25) is 0 Å². The molecule has 0 spiro atoms. The molecule has 0 aromatic carbocycles. The molecule has 2 saturated heterocycles. The van der Waals surface area contributed by atoms with Gasteiger partial charge in [0.1, 0.15) is 11.9 Å². The Labute approximate surface area is 107 Å². The Kier molecular flexibility index (Phi) is 3.13. The minimum Gasteiger partial charge on any atom is -0.379 e. The lowest BCUT2D eigenvalue weighted by Crippen LogP contribution is -2.61. The number of pyridine rings is 1. The molecule has 0 bridgehead atoms. The van der Waals surface area contributed by atoms with Gasteiger partial charge in [0, 0.05) is 38.4 Å². The van der Waals surface area contributed by atoms with Crippen molar-refractivity contribution >= 4 is 5.82 Å². The molecule has 0 saturated carbocycles. The van der Waals surface area contributed by atoms with E-state index in [1.165, 1.54) is 0 Å². The largest absolute Gasteiger partial charge is 0.379 e. The second-order valence-electron chi connectivity index (χ2n) is 4.72. The Bertz CT molecular complexity index is 441. The minimum atomic E-state index is 0.615. The van der Waals surface area contributed by atoms with Gasteiger partial charge >= 0.3 is 0 Å². The number of hydrogen-bond donors (Lipinski definition) is 0. The number of anilines is 1. The SMILES string of the molecule is N#Cc1ccc(N2CC(N3CCOCC3)C2)nc1. The van der Waals surface area contributed by atoms with Crippen molar-refractivity contribution in [3.05, 3.63) is 23.9 Å². The van der Waals surface area contributed by atoms with Crippen molar-refractivity contribution in [2.75, 3.05) is 44.3 Å². The summed E-state index contributed by atoms with van der Waals surface area (Å²) >= 11 is 0. The normalized spacial score (nSPS) is 21.4. The quantitative estimate of drug-likeness (QED) is 0.757. The van der Waals surface area contributed by atoms with Crippen molar-refractivity contribution < 1.29 is 4.74 Å². The summed E-state index contributed by atoms with van der Waals surface area (Å²) in [4.78, 5) is 9.05. The van der Waals surface area contributed by atoms with Gasteiger partial charge < -0.3 is 9.64 Å². The van der Waals surface area contributed by atoms with E-state index in [9.17, 15) is 0 Å². The minimum absolute atomic E-state index is 0.615. The van der Waals surface area contributed by atoms with Crippen LogP contribution < -0.4 is 4.90 Å². The van der Waals surface area contributed by atoms with Gasteiger partial charge in [-0.2, -0.15) is 5.26 Å². The van der Waals surface area contributed by atoms with E-state index in [1.54, 1.807) is 6.20 Å². The maximum Gasteiger partial charge on any atom is 0.128 e. The van der Waals surface area contributed by atoms with Crippen LogP contribution >= 0.6 is 0 Å². The van der Waals surface area contributed by atoms with Gasteiger partial charge in [-0.05, 0) is 12.1 Å². The zero-order valence-corrected chi connectivity index (χ0v) is 10.2. The van der Waals surface area contributed by atoms with E-state index < -0.39 is 0 Å². The molecule has 2 aliphatic heterocycles. The van der Waals surface area contributed by atoms with Crippen LogP contribution in [0, 0.1) is 11.3 Å². The molecule has 5 heteroatoms. The smallest absolute Gasteiger partial charge is 0.128 e. The number of nitriles is 1. The van der Waals surface area contributed by atoms with E-state index in [0.717, 1.165) is 45.2 Å². The number of ether oxygens (including phenoxy) is 1. The Morgan fingerprint density at radius 3 is 2.67 bits per heavy atom. The van der Waals surface area contributed by atoms with Gasteiger partial charge in [0.15, 0.2) is 0 Å². The predicted molar refractivity (Wildman–Crippen MR) is 67.3 cm³/mol. The van der Waals surface area contributed by atoms with E-state index in [4.69, 9.17) is 10.00 Å². The average Bonchev–Trinajstić information content (AvgIpc) is 2.39. The summed E-state index contributed by atoms with van der Waals surface area (Å²) in [6.45, 7) is 5.84. The average molecular weight is 244 g/mol. The maximum atomic E-state index is 8.73. The highest BCUT2D eigenvalue weighted by Gasteiger charge is 2.33. The molecule has 0 amide bonds. The number of nitrogens with zero attached hydrogens (tertiary/aromatic N) is 4. The second kappa shape index (κ2) is 4.92. The van der Waals surface area contributed by atoms with Crippen LogP contribution in [-0.4, -0.2) is 55.3 Å². The summed E-state index contributed by atoms with van der Waals surface area (Å²) in [5.74, 6) is 0.971. The predicted octanol–water partition coefficient (Wildman–Crippen LogP) is 0.474. The molecule has 0 atom stereocenters. The van der Waals surface area contributed by atoms with E-state index >= 15 is 0 Å². The van der Waals surface area contributed by atoms with Crippen molar-refractivity contribution in [3.8, 4) is 6.07 Å². The summed E-state index contributed by atoms with van der Waals surface area (Å²) in [6.07, 6.45) is 1.64. The Hall–Kier alpha value is -1.64. The molecule has 3 heterocycles. The van der Waals surface area contributed by atoms with Gasteiger partial charge in [0.05, 0.1) is 18.8 Å². The molecule has 18 heavy (non-hydrogen) atoms. The van der Waals surface area contributed by atoms with Crippen molar-refractivity contribution in [2.45, 2.75) is 6.04 Å². The molecule has 3 rings (SSSR count). The molecule has 0 radical (unpaired) electrons. The number of rotatable bonds is 2. The molecule has 2 fully saturated rings. The third-order valence-electron chi connectivity index (χ3n) is 3.63. The number of morpholine rings is 1. The van der Waals surface area contributed by atoms with Gasteiger partial charge in [0.25, 0.3) is 0 Å². The molecular formula is C13H16N4O. The monoisotopic (exact) mass is 244 g/mol. The molecule has 5 nitrogen and oxygen atoms in total. The van der Waals surface area contributed by atoms with Gasteiger partial charge in [-0.3, -0.25) is 4.90 Å². The summed E-state index contributed by atoms with van der Waals surface area (Å²) < 4.78 is 5.36. The Morgan fingerprint density at radius 2 is 2.06 bits per heavy atom. The topological polar surface area (TPSA) is 52.4 Å². The highest BCUT2D eigenvalue weighted by molar-refractivity contribution is 5.44. The summed E-state index contributed by atoms with van der Waals surface area (Å²) in [5.41, 5.74) is 0.615. The third-order valence-corrected chi connectivity index (χ3v) is 3.63. The van der Waals surface area contributed by atoms with Crippen molar-refractivity contribution in [2.24, 2.45) is 0 Å². The standard InChI is InChI=1S/C13H16N4O/c14-7-11-1-2-13(15-8-11)17-9-12(10-17)16-3-5-18-6-4-16/h1-2,8,12H,3-6,9-10H2. The molecule has 1 aromatic heterocycles. The fourth-order valence-corrected chi connectivity index (χ4v) is 2.46. The lowest BCUT2D eigenvalue weighted by molar-refractivity contribution is 0.0104. The van der Waals surface area contributed by atoms with Crippen molar-refractivity contribution in [1.29, 1.82) is 5.26 Å². The van der Waals surface area contributed by atoms with Crippen LogP contribution in [0.3, 0.4) is 0 Å². The second-order valence-corrected chi connectivity index (χ2v) is 4.72. The molecule has 94 valence electrons. The first-order valence-corrected chi connectivity index (χ1v) is 6.30. The first kappa shape index (κ1) is 11.5. The van der Waals surface area contributed by atoms with Crippen LogP contribution in [0.25, 0.3) is 0 Å². The zero-order chi connectivity index (χ0) is 12.4. The Morgan fingerprint density at radius 1 is 1.28 bits per heavy atom. The van der Waals surface area contributed by atoms with Gasteiger partial charge in [-0.1, -0.05) is 0 Å². The lowest BCUT2D eigenvalue weighted by atomic mass is 10.1. The first-order valence-electron chi connectivity index (χ1n) is 6.30.